The van der Waals surface area contributed by atoms with Gasteiger partial charge in [0.05, 0.1) is 6.10 Å². The van der Waals surface area contributed by atoms with Gasteiger partial charge in [-0.3, -0.25) is 0 Å². The van der Waals surface area contributed by atoms with Gasteiger partial charge in [0.1, 0.15) is 0 Å². The molecule has 2 aromatic rings. The normalized spacial score (nSPS) is 16.6. The summed E-state index contributed by atoms with van der Waals surface area (Å²) < 4.78 is 5.69. The van der Waals surface area contributed by atoms with Crippen molar-refractivity contribution < 1.29 is 4.74 Å². The fourth-order valence-electron chi connectivity index (χ4n) is 3.08. The lowest BCUT2D eigenvalue weighted by atomic mass is 10.1. The first-order valence-corrected chi connectivity index (χ1v) is 9.44. The fraction of sp³-hybridized carbons (Fsp3) is 0.381. The molecule has 3 nitrogen and oxygen atoms in total. The van der Waals surface area contributed by atoms with Gasteiger partial charge in [-0.15, -0.1) is 0 Å². The first kappa shape index (κ1) is 17.9. The molecule has 0 spiro atoms. The molecule has 0 aliphatic carbocycles. The third-order valence-electron chi connectivity index (χ3n) is 4.52. The number of hydrogen-bond donors (Lipinski definition) is 1. The molecule has 0 amide bonds. The highest BCUT2D eigenvalue weighted by Crippen LogP contribution is 2.12. The maximum absolute atomic E-state index is 5.69. The topological polar surface area (TPSA) is 24.5 Å². The second-order valence-corrected chi connectivity index (χ2v) is 6.85. The predicted molar refractivity (Wildman–Crippen MR) is 107 cm³/mol. The number of thiocarbonyl (C=S) groups is 1. The molecule has 0 aromatic heterocycles. The predicted octanol–water partition coefficient (Wildman–Crippen LogP) is 3.78. The van der Waals surface area contributed by atoms with Gasteiger partial charge in [-0.05, 0) is 42.6 Å². The Morgan fingerprint density at radius 3 is 2.36 bits per heavy atom. The van der Waals surface area contributed by atoms with Crippen LogP contribution in [0.5, 0.6) is 0 Å². The van der Waals surface area contributed by atoms with Crippen molar-refractivity contribution in [2.45, 2.75) is 31.9 Å². The van der Waals surface area contributed by atoms with Gasteiger partial charge in [-0.2, -0.15) is 0 Å². The molecule has 1 heterocycles. The van der Waals surface area contributed by atoms with E-state index in [9.17, 15) is 0 Å². The molecule has 1 fully saturated rings. The molecule has 4 heteroatoms. The largest absolute Gasteiger partial charge is 0.376 e. The van der Waals surface area contributed by atoms with E-state index in [1.54, 1.807) is 0 Å². The van der Waals surface area contributed by atoms with E-state index < -0.39 is 0 Å². The van der Waals surface area contributed by atoms with Crippen molar-refractivity contribution in [1.29, 1.82) is 0 Å². The standard InChI is InChI=1S/C21H26N2OS/c25-21(22-16-20-12-7-15-24-20)23(17-19-10-5-2-6-11-19)14-13-18-8-3-1-4-9-18/h1-6,8-11,20H,7,12-17H2,(H,22,25)/t20-/m0/s1. The maximum atomic E-state index is 5.69. The minimum atomic E-state index is 0.297. The van der Waals surface area contributed by atoms with Crippen molar-refractivity contribution in [2.75, 3.05) is 19.7 Å². The van der Waals surface area contributed by atoms with Crippen LogP contribution in [0.1, 0.15) is 24.0 Å². The van der Waals surface area contributed by atoms with Crippen LogP contribution in [0.25, 0.3) is 0 Å². The number of benzene rings is 2. The minimum Gasteiger partial charge on any atom is -0.376 e. The van der Waals surface area contributed by atoms with Gasteiger partial charge in [0.2, 0.25) is 0 Å². The van der Waals surface area contributed by atoms with E-state index >= 15 is 0 Å². The molecule has 1 aliphatic rings. The van der Waals surface area contributed by atoms with Gasteiger partial charge in [0.15, 0.2) is 5.11 Å². The fourth-order valence-corrected chi connectivity index (χ4v) is 3.32. The van der Waals surface area contributed by atoms with Gasteiger partial charge < -0.3 is 15.0 Å². The summed E-state index contributed by atoms with van der Waals surface area (Å²) in [4.78, 5) is 2.26. The number of ether oxygens (including phenoxy) is 1. The quantitative estimate of drug-likeness (QED) is 0.765. The number of rotatable bonds is 7. The van der Waals surface area contributed by atoms with E-state index in [1.807, 2.05) is 6.07 Å². The molecule has 132 valence electrons. The molecule has 0 bridgehead atoms. The second-order valence-electron chi connectivity index (χ2n) is 6.46. The zero-order chi connectivity index (χ0) is 17.3. The lowest BCUT2D eigenvalue weighted by Gasteiger charge is -2.27. The Morgan fingerprint density at radius 1 is 1.04 bits per heavy atom. The molecule has 2 aromatic carbocycles. The van der Waals surface area contributed by atoms with Crippen molar-refractivity contribution in [3.63, 3.8) is 0 Å². The van der Waals surface area contributed by atoms with Crippen LogP contribution < -0.4 is 5.32 Å². The lowest BCUT2D eigenvalue weighted by molar-refractivity contribution is 0.113. The second kappa shape index (κ2) is 9.54. The maximum Gasteiger partial charge on any atom is 0.169 e. The molecule has 1 N–H and O–H groups in total. The van der Waals surface area contributed by atoms with Crippen molar-refractivity contribution >= 4 is 17.3 Å². The lowest BCUT2D eigenvalue weighted by Crippen LogP contribution is -2.43. The van der Waals surface area contributed by atoms with Gasteiger partial charge in [-0.25, -0.2) is 0 Å². The number of hydrogen-bond acceptors (Lipinski definition) is 2. The van der Waals surface area contributed by atoms with Gasteiger partial charge in [-0.1, -0.05) is 60.7 Å². The zero-order valence-electron chi connectivity index (χ0n) is 14.6. The molecular weight excluding hydrogens is 328 g/mol. The Labute approximate surface area is 156 Å². The molecule has 0 unspecified atom stereocenters. The summed E-state index contributed by atoms with van der Waals surface area (Å²) in [6.07, 6.45) is 3.56. The van der Waals surface area contributed by atoms with E-state index in [0.717, 1.165) is 50.6 Å². The minimum absolute atomic E-state index is 0.297. The van der Waals surface area contributed by atoms with Gasteiger partial charge in [0, 0.05) is 26.2 Å². The van der Waals surface area contributed by atoms with Crippen LogP contribution >= 0.6 is 12.2 Å². The zero-order valence-corrected chi connectivity index (χ0v) is 15.4. The highest BCUT2D eigenvalue weighted by molar-refractivity contribution is 7.80. The van der Waals surface area contributed by atoms with Crippen molar-refractivity contribution in [2.24, 2.45) is 0 Å². The van der Waals surface area contributed by atoms with Crippen LogP contribution in [0.2, 0.25) is 0 Å². The summed E-state index contributed by atoms with van der Waals surface area (Å²) in [5.41, 5.74) is 2.61. The summed E-state index contributed by atoms with van der Waals surface area (Å²) in [6, 6.07) is 21.1. The summed E-state index contributed by atoms with van der Waals surface area (Å²) in [6.45, 7) is 3.40. The molecule has 1 atom stereocenters. The van der Waals surface area contributed by atoms with Crippen molar-refractivity contribution in [3.05, 3.63) is 71.8 Å². The molecule has 1 aliphatic heterocycles. The first-order valence-electron chi connectivity index (χ1n) is 9.03. The van der Waals surface area contributed by atoms with Crippen molar-refractivity contribution in [3.8, 4) is 0 Å². The van der Waals surface area contributed by atoms with E-state index in [4.69, 9.17) is 17.0 Å². The van der Waals surface area contributed by atoms with Crippen LogP contribution in [-0.4, -0.2) is 35.8 Å². The summed E-state index contributed by atoms with van der Waals surface area (Å²) in [7, 11) is 0. The molecule has 0 saturated carbocycles. The molecular formula is C21H26N2OS. The van der Waals surface area contributed by atoms with E-state index in [0.29, 0.717) is 6.10 Å². The molecule has 25 heavy (non-hydrogen) atoms. The summed E-state index contributed by atoms with van der Waals surface area (Å²) >= 11 is 5.68. The Hall–Kier alpha value is -1.91. The highest BCUT2D eigenvalue weighted by Gasteiger charge is 2.17. The van der Waals surface area contributed by atoms with Crippen LogP contribution in [0.15, 0.2) is 60.7 Å². The van der Waals surface area contributed by atoms with Crippen LogP contribution in [0, 0.1) is 0 Å². The first-order chi connectivity index (χ1) is 12.3. The van der Waals surface area contributed by atoms with Crippen molar-refractivity contribution in [1.82, 2.24) is 10.2 Å². The number of nitrogens with one attached hydrogen (secondary N) is 1. The van der Waals surface area contributed by atoms with Crippen LogP contribution in [0.4, 0.5) is 0 Å². The van der Waals surface area contributed by atoms with E-state index in [-0.39, 0.29) is 0 Å². The molecule has 0 radical (unpaired) electrons. The Morgan fingerprint density at radius 2 is 1.72 bits per heavy atom. The third-order valence-corrected chi connectivity index (χ3v) is 4.92. The van der Waals surface area contributed by atoms with Gasteiger partial charge in [0.25, 0.3) is 0 Å². The third kappa shape index (κ3) is 5.83. The highest BCUT2D eigenvalue weighted by atomic mass is 32.1. The molecule has 1 saturated heterocycles. The number of nitrogens with zero attached hydrogens (tertiary/aromatic N) is 1. The average Bonchev–Trinajstić information content (AvgIpc) is 3.18. The summed E-state index contributed by atoms with van der Waals surface area (Å²) in [5.74, 6) is 0. The van der Waals surface area contributed by atoms with E-state index in [2.05, 4.69) is 64.8 Å². The van der Waals surface area contributed by atoms with E-state index in [1.165, 1.54) is 11.1 Å². The Kier molecular flexibility index (Phi) is 6.83. The van der Waals surface area contributed by atoms with Crippen LogP contribution in [0.3, 0.4) is 0 Å². The monoisotopic (exact) mass is 354 g/mol. The smallest absolute Gasteiger partial charge is 0.169 e. The molecule has 3 rings (SSSR count). The SMILES string of the molecule is S=C(NC[C@@H]1CCCO1)N(CCc1ccccc1)Cc1ccccc1. The summed E-state index contributed by atoms with van der Waals surface area (Å²) in [5, 5.41) is 4.23. The van der Waals surface area contributed by atoms with Gasteiger partial charge >= 0.3 is 0 Å². The average molecular weight is 355 g/mol. The Bertz CT molecular complexity index is 641. The Balaban J connectivity index is 1.59. The van der Waals surface area contributed by atoms with Crippen LogP contribution in [-0.2, 0) is 17.7 Å².